The minimum atomic E-state index is -4.84. The highest BCUT2D eigenvalue weighted by Crippen LogP contribution is 2.39. The molecule has 2 bridgehead atoms. The highest BCUT2D eigenvalue weighted by molar-refractivity contribution is 7.80. The molecule has 2 aliphatic rings. The lowest BCUT2D eigenvalue weighted by molar-refractivity contribution is -0.151. The van der Waals surface area contributed by atoms with Gasteiger partial charge in [0.05, 0.1) is 6.04 Å². The topological polar surface area (TPSA) is 150 Å². The SMILES string of the molecule is NCC[C@]1(C(=O)O)CC[C@@H]2CN1C(=O)N2OS(=O)(=O)O. The fourth-order valence-corrected chi connectivity index (χ4v) is 3.16. The zero-order valence-electron chi connectivity index (χ0n) is 10.4. The van der Waals surface area contributed by atoms with E-state index in [1.54, 1.807) is 0 Å². The average molecular weight is 309 g/mol. The second kappa shape index (κ2) is 4.84. The quantitative estimate of drug-likeness (QED) is 0.535. The fourth-order valence-electron chi connectivity index (χ4n) is 2.77. The molecule has 0 spiro atoms. The minimum Gasteiger partial charge on any atom is -0.479 e. The lowest BCUT2D eigenvalue weighted by Crippen LogP contribution is -2.58. The molecule has 2 amide bonds. The van der Waals surface area contributed by atoms with Gasteiger partial charge < -0.3 is 15.7 Å². The van der Waals surface area contributed by atoms with Crippen LogP contribution in [0, 0.1) is 0 Å². The molecule has 2 aliphatic heterocycles. The van der Waals surface area contributed by atoms with Crippen molar-refractivity contribution in [2.75, 3.05) is 13.1 Å². The monoisotopic (exact) mass is 309 g/mol. The number of carboxylic acids is 1. The number of urea groups is 1. The molecule has 0 aromatic rings. The van der Waals surface area contributed by atoms with Crippen molar-refractivity contribution in [3.05, 3.63) is 0 Å². The van der Waals surface area contributed by atoms with Crippen molar-refractivity contribution in [2.45, 2.75) is 30.8 Å². The molecule has 0 aliphatic carbocycles. The van der Waals surface area contributed by atoms with Crippen molar-refractivity contribution >= 4 is 22.4 Å². The second-order valence-corrected chi connectivity index (χ2v) is 5.79. The molecule has 2 rings (SSSR count). The second-order valence-electron chi connectivity index (χ2n) is 4.79. The van der Waals surface area contributed by atoms with Gasteiger partial charge in [0.1, 0.15) is 5.54 Å². The standard InChI is InChI=1S/C9H15N3O7S/c10-4-3-9(7(13)14)2-1-6-5-11(9)8(15)12(6)19-20(16,17)18/h6H,1-5,10H2,(H,13,14)(H,16,17,18)/t6-,9+/m1/s1. The molecular weight excluding hydrogens is 294 g/mol. The maximum Gasteiger partial charge on any atom is 0.418 e. The minimum absolute atomic E-state index is 0.0145. The van der Waals surface area contributed by atoms with E-state index in [-0.39, 0.29) is 32.4 Å². The van der Waals surface area contributed by atoms with E-state index in [4.69, 9.17) is 10.3 Å². The summed E-state index contributed by atoms with van der Waals surface area (Å²) in [4.78, 5) is 24.7. The third-order valence-electron chi connectivity index (χ3n) is 3.68. The van der Waals surface area contributed by atoms with Crippen LogP contribution in [0.1, 0.15) is 19.3 Å². The zero-order chi connectivity index (χ0) is 15.1. The summed E-state index contributed by atoms with van der Waals surface area (Å²) in [6, 6.07) is -1.52. The lowest BCUT2D eigenvalue weighted by Gasteiger charge is -2.39. The molecule has 20 heavy (non-hydrogen) atoms. The molecule has 2 fully saturated rings. The Morgan fingerprint density at radius 3 is 2.70 bits per heavy atom. The molecule has 4 N–H and O–H groups in total. The van der Waals surface area contributed by atoms with Gasteiger partial charge in [-0.3, -0.25) is 4.55 Å². The molecule has 10 nitrogen and oxygen atoms in total. The van der Waals surface area contributed by atoms with Crippen LogP contribution in [0.2, 0.25) is 0 Å². The van der Waals surface area contributed by atoms with Gasteiger partial charge in [-0.05, 0) is 25.8 Å². The Labute approximate surface area is 115 Å². The van der Waals surface area contributed by atoms with Crippen molar-refractivity contribution in [2.24, 2.45) is 5.73 Å². The number of nitrogens with two attached hydrogens (primary N) is 1. The van der Waals surface area contributed by atoms with Gasteiger partial charge in [-0.1, -0.05) is 0 Å². The van der Waals surface area contributed by atoms with Crippen molar-refractivity contribution in [1.82, 2.24) is 9.96 Å². The summed E-state index contributed by atoms with van der Waals surface area (Å²) in [5, 5.41) is 9.91. The third kappa shape index (κ3) is 2.32. The molecule has 0 unspecified atom stereocenters. The Bertz CT molecular complexity index is 536. The molecule has 2 heterocycles. The Hall–Kier alpha value is -1.43. The van der Waals surface area contributed by atoms with Crippen LogP contribution in [0.25, 0.3) is 0 Å². The van der Waals surface area contributed by atoms with E-state index in [1.165, 1.54) is 0 Å². The summed E-state index contributed by atoms with van der Waals surface area (Å²) in [5.74, 6) is -1.19. The first-order valence-electron chi connectivity index (χ1n) is 5.92. The predicted octanol–water partition coefficient (Wildman–Crippen LogP) is -1.21. The zero-order valence-corrected chi connectivity index (χ0v) is 11.2. The third-order valence-corrected chi connectivity index (χ3v) is 4.03. The van der Waals surface area contributed by atoms with E-state index < -0.39 is 34.0 Å². The number of hydrogen-bond donors (Lipinski definition) is 3. The molecule has 11 heteroatoms. The number of aliphatic carboxylic acids is 1. The van der Waals surface area contributed by atoms with Gasteiger partial charge in [0.25, 0.3) is 0 Å². The Balaban J connectivity index is 2.31. The highest BCUT2D eigenvalue weighted by Gasteiger charge is 2.57. The number of hydroxylamine groups is 2. The summed E-state index contributed by atoms with van der Waals surface area (Å²) >= 11 is 0. The van der Waals surface area contributed by atoms with Crippen molar-refractivity contribution in [1.29, 1.82) is 0 Å². The van der Waals surface area contributed by atoms with E-state index in [0.29, 0.717) is 5.06 Å². The largest absolute Gasteiger partial charge is 0.479 e. The summed E-state index contributed by atoms with van der Waals surface area (Å²) in [5.41, 5.74) is 3.95. The highest BCUT2D eigenvalue weighted by atomic mass is 32.3. The molecule has 114 valence electrons. The van der Waals surface area contributed by atoms with Crippen molar-refractivity contribution < 1.29 is 31.9 Å². The number of carboxylic acid groups (broad SMARTS) is 1. The number of amides is 2. The van der Waals surface area contributed by atoms with Crippen LogP contribution in [0.5, 0.6) is 0 Å². The number of nitrogens with zero attached hydrogens (tertiary/aromatic N) is 2. The van der Waals surface area contributed by atoms with E-state index in [9.17, 15) is 23.1 Å². The van der Waals surface area contributed by atoms with Gasteiger partial charge in [-0.15, -0.1) is 4.28 Å². The van der Waals surface area contributed by atoms with Gasteiger partial charge in [0.15, 0.2) is 0 Å². The van der Waals surface area contributed by atoms with Gasteiger partial charge >= 0.3 is 22.4 Å². The average Bonchev–Trinajstić information content (AvgIpc) is 2.57. The van der Waals surface area contributed by atoms with Crippen LogP contribution in [0.15, 0.2) is 0 Å². The molecule has 2 atom stereocenters. The fraction of sp³-hybridized carbons (Fsp3) is 0.778. The van der Waals surface area contributed by atoms with Crippen LogP contribution < -0.4 is 5.73 Å². The van der Waals surface area contributed by atoms with E-state index in [0.717, 1.165) is 4.90 Å². The maximum atomic E-state index is 12.1. The van der Waals surface area contributed by atoms with Crippen LogP contribution in [0.3, 0.4) is 0 Å². The normalized spacial score (nSPS) is 29.9. The lowest BCUT2D eigenvalue weighted by atomic mass is 9.83. The van der Waals surface area contributed by atoms with Gasteiger partial charge in [0.2, 0.25) is 0 Å². The molecule has 0 aromatic carbocycles. The van der Waals surface area contributed by atoms with E-state index in [2.05, 4.69) is 4.28 Å². The van der Waals surface area contributed by atoms with Crippen molar-refractivity contribution in [3.63, 3.8) is 0 Å². The summed E-state index contributed by atoms with van der Waals surface area (Å²) in [7, 11) is -4.84. The maximum absolute atomic E-state index is 12.1. The smallest absolute Gasteiger partial charge is 0.418 e. The molecule has 2 saturated heterocycles. The predicted molar refractivity (Wildman–Crippen MR) is 63.6 cm³/mol. The van der Waals surface area contributed by atoms with Crippen LogP contribution in [-0.4, -0.2) is 64.7 Å². The summed E-state index contributed by atoms with van der Waals surface area (Å²) in [6.07, 6.45) is 0.436. The first-order valence-corrected chi connectivity index (χ1v) is 7.29. The summed E-state index contributed by atoms with van der Waals surface area (Å²) in [6.45, 7) is 0.0839. The Morgan fingerprint density at radius 1 is 1.55 bits per heavy atom. The Kier molecular flexibility index (Phi) is 3.62. The van der Waals surface area contributed by atoms with Crippen LogP contribution in [0.4, 0.5) is 4.79 Å². The van der Waals surface area contributed by atoms with Crippen LogP contribution in [-0.2, 0) is 19.5 Å². The first kappa shape index (κ1) is 15.0. The van der Waals surface area contributed by atoms with Gasteiger partial charge in [0, 0.05) is 6.54 Å². The number of carbonyl (C=O) groups is 2. The molecule has 0 radical (unpaired) electrons. The van der Waals surface area contributed by atoms with Gasteiger partial charge in [-0.25, -0.2) is 9.59 Å². The molecule has 0 aromatic heterocycles. The van der Waals surface area contributed by atoms with Crippen molar-refractivity contribution in [3.8, 4) is 0 Å². The summed E-state index contributed by atoms with van der Waals surface area (Å²) < 4.78 is 34.3. The van der Waals surface area contributed by atoms with E-state index in [1.807, 2.05) is 0 Å². The number of hydrogen-bond acceptors (Lipinski definition) is 6. The number of carbonyl (C=O) groups excluding carboxylic acids is 1. The Morgan fingerprint density at radius 2 is 2.20 bits per heavy atom. The first-order chi connectivity index (χ1) is 9.21. The number of piperidine rings is 1. The molecule has 0 saturated carbocycles. The van der Waals surface area contributed by atoms with Crippen LogP contribution >= 0.6 is 0 Å². The van der Waals surface area contributed by atoms with E-state index >= 15 is 0 Å². The number of rotatable bonds is 5. The van der Waals surface area contributed by atoms with Gasteiger partial charge in [-0.2, -0.15) is 13.5 Å². The number of fused-ring (bicyclic) bond motifs is 2. The molecular formula is C9H15N3O7S.